The molecule has 2 N–H and O–H groups in total. The van der Waals surface area contributed by atoms with Crippen LogP contribution in [0.3, 0.4) is 0 Å². The topological polar surface area (TPSA) is 57.4 Å². The first-order chi connectivity index (χ1) is 8.94. The van der Waals surface area contributed by atoms with Crippen molar-refractivity contribution < 1.29 is 22.6 Å². The van der Waals surface area contributed by atoms with Gasteiger partial charge in [-0.2, -0.15) is 0 Å². The molecule has 0 bridgehead atoms. The molecule has 0 atom stereocenters. The van der Waals surface area contributed by atoms with Gasteiger partial charge in [-0.25, -0.2) is 0 Å². The van der Waals surface area contributed by atoms with Crippen molar-refractivity contribution in [1.82, 2.24) is 4.98 Å². The Morgan fingerprint density at radius 2 is 1.74 bits per heavy atom. The van der Waals surface area contributed by atoms with Gasteiger partial charge in [-0.05, 0) is 12.1 Å². The lowest BCUT2D eigenvalue weighted by molar-refractivity contribution is -0.275. The van der Waals surface area contributed by atoms with Gasteiger partial charge in [-0.1, -0.05) is 12.1 Å². The zero-order chi connectivity index (χ0) is 13.9. The number of pyridine rings is 1. The van der Waals surface area contributed by atoms with Crippen molar-refractivity contribution in [1.29, 1.82) is 0 Å². The van der Waals surface area contributed by atoms with E-state index in [2.05, 4.69) is 9.72 Å². The van der Waals surface area contributed by atoms with E-state index in [0.29, 0.717) is 5.69 Å². The van der Waals surface area contributed by atoms with E-state index in [1.54, 1.807) is 0 Å². The van der Waals surface area contributed by atoms with Crippen molar-refractivity contribution >= 4 is 5.69 Å². The van der Waals surface area contributed by atoms with Crippen molar-refractivity contribution in [3.63, 3.8) is 0 Å². The van der Waals surface area contributed by atoms with E-state index in [-0.39, 0.29) is 11.5 Å². The van der Waals surface area contributed by atoms with Gasteiger partial charge < -0.3 is 15.2 Å². The summed E-state index contributed by atoms with van der Waals surface area (Å²) in [6.45, 7) is 0. The molecular formula is C12H9F3N2O2. The highest BCUT2D eigenvalue weighted by Crippen LogP contribution is 2.34. The third-order valence-electron chi connectivity index (χ3n) is 2.04. The largest absolute Gasteiger partial charge is 0.573 e. The molecule has 4 nitrogen and oxygen atoms in total. The fourth-order valence-electron chi connectivity index (χ4n) is 1.36. The second-order valence-electron chi connectivity index (χ2n) is 3.55. The Morgan fingerprint density at radius 1 is 1.05 bits per heavy atom. The second kappa shape index (κ2) is 5.05. The van der Waals surface area contributed by atoms with Crippen LogP contribution in [0.4, 0.5) is 18.9 Å². The molecule has 0 aliphatic rings. The van der Waals surface area contributed by atoms with Crippen LogP contribution in [-0.4, -0.2) is 11.3 Å². The van der Waals surface area contributed by atoms with Gasteiger partial charge in [0.1, 0.15) is 5.75 Å². The first kappa shape index (κ1) is 13.0. The number of benzene rings is 1. The number of nitrogens with two attached hydrogens (primary N) is 1. The highest BCUT2D eigenvalue weighted by molar-refractivity contribution is 5.45. The maximum atomic E-state index is 12.2. The summed E-state index contributed by atoms with van der Waals surface area (Å²) in [4.78, 5) is 3.77. The lowest BCUT2D eigenvalue weighted by Gasteiger charge is -2.13. The Labute approximate surface area is 106 Å². The summed E-state index contributed by atoms with van der Waals surface area (Å²) in [5.41, 5.74) is 5.84. The molecule has 0 spiro atoms. The van der Waals surface area contributed by atoms with Gasteiger partial charge in [0.05, 0.1) is 18.1 Å². The summed E-state index contributed by atoms with van der Waals surface area (Å²) in [5.74, 6) is -0.289. The third-order valence-corrected chi connectivity index (χ3v) is 2.04. The molecule has 0 amide bonds. The molecule has 0 aliphatic heterocycles. The number of anilines is 1. The Morgan fingerprint density at radius 3 is 2.37 bits per heavy atom. The number of hydrogen-bond donors (Lipinski definition) is 1. The fourth-order valence-corrected chi connectivity index (χ4v) is 1.36. The summed E-state index contributed by atoms with van der Waals surface area (Å²) in [6.07, 6.45) is -2.06. The Bertz CT molecular complexity index is 573. The Hall–Kier alpha value is -2.44. The number of nitrogen functional groups attached to an aromatic ring is 1. The zero-order valence-corrected chi connectivity index (χ0v) is 9.52. The molecule has 1 aromatic carbocycles. The van der Waals surface area contributed by atoms with E-state index in [0.717, 1.165) is 6.07 Å². The monoisotopic (exact) mass is 270 g/mol. The van der Waals surface area contributed by atoms with Gasteiger partial charge in [0, 0.05) is 6.07 Å². The zero-order valence-electron chi connectivity index (χ0n) is 9.52. The predicted octanol–water partition coefficient (Wildman–Crippen LogP) is 3.35. The molecule has 100 valence electrons. The van der Waals surface area contributed by atoms with Gasteiger partial charge in [0.15, 0.2) is 11.5 Å². The van der Waals surface area contributed by atoms with Gasteiger partial charge >= 0.3 is 6.36 Å². The van der Waals surface area contributed by atoms with Crippen LogP contribution in [0.2, 0.25) is 0 Å². The number of aromatic nitrogens is 1. The number of rotatable bonds is 3. The molecule has 1 heterocycles. The second-order valence-corrected chi connectivity index (χ2v) is 3.55. The predicted molar refractivity (Wildman–Crippen MR) is 61.8 cm³/mol. The van der Waals surface area contributed by atoms with Gasteiger partial charge in [-0.15, -0.1) is 13.2 Å². The van der Waals surface area contributed by atoms with E-state index in [9.17, 15) is 13.2 Å². The molecule has 2 aromatic rings. The van der Waals surface area contributed by atoms with Crippen LogP contribution < -0.4 is 15.2 Å². The average Bonchev–Trinajstić information content (AvgIpc) is 2.30. The van der Waals surface area contributed by atoms with Crippen LogP contribution in [0.5, 0.6) is 17.2 Å². The Balaban J connectivity index is 2.25. The van der Waals surface area contributed by atoms with E-state index >= 15 is 0 Å². The summed E-state index contributed by atoms with van der Waals surface area (Å²) < 4.78 is 45.8. The first-order valence-electron chi connectivity index (χ1n) is 5.17. The van der Waals surface area contributed by atoms with Crippen LogP contribution in [0.25, 0.3) is 0 Å². The van der Waals surface area contributed by atoms with Crippen molar-refractivity contribution in [3.8, 4) is 17.2 Å². The van der Waals surface area contributed by atoms with Gasteiger partial charge in [-0.3, -0.25) is 4.98 Å². The third kappa shape index (κ3) is 3.77. The SMILES string of the molecule is Nc1cncc(Oc2ccccc2OC(F)(F)F)c1. The Kier molecular flexibility index (Phi) is 3.46. The molecule has 1 aromatic heterocycles. The van der Waals surface area contributed by atoms with Crippen molar-refractivity contribution in [2.75, 3.05) is 5.73 Å². The lowest BCUT2D eigenvalue weighted by Crippen LogP contribution is -2.17. The smallest absolute Gasteiger partial charge is 0.452 e. The average molecular weight is 270 g/mol. The highest BCUT2D eigenvalue weighted by atomic mass is 19.4. The summed E-state index contributed by atoms with van der Waals surface area (Å²) in [6, 6.07) is 6.88. The van der Waals surface area contributed by atoms with Crippen LogP contribution >= 0.6 is 0 Å². The minimum absolute atomic E-state index is 0.0766. The molecule has 0 fully saturated rings. The van der Waals surface area contributed by atoms with Crippen LogP contribution in [0.1, 0.15) is 0 Å². The molecule has 0 saturated heterocycles. The van der Waals surface area contributed by atoms with Gasteiger partial charge in [0.25, 0.3) is 0 Å². The first-order valence-corrected chi connectivity index (χ1v) is 5.17. The van der Waals surface area contributed by atoms with E-state index in [1.807, 2.05) is 0 Å². The number of halogens is 3. The maximum Gasteiger partial charge on any atom is 0.573 e. The van der Waals surface area contributed by atoms with Gasteiger partial charge in [0.2, 0.25) is 0 Å². The standard InChI is InChI=1S/C12H9F3N2O2/c13-12(14,15)19-11-4-2-1-3-10(11)18-9-5-8(16)6-17-7-9/h1-7H,16H2. The minimum atomic E-state index is -4.78. The highest BCUT2D eigenvalue weighted by Gasteiger charge is 2.32. The van der Waals surface area contributed by atoms with Crippen LogP contribution in [-0.2, 0) is 0 Å². The lowest BCUT2D eigenvalue weighted by atomic mass is 10.3. The molecule has 0 unspecified atom stereocenters. The summed E-state index contributed by atoms with van der Waals surface area (Å²) >= 11 is 0. The summed E-state index contributed by atoms with van der Waals surface area (Å²) in [7, 11) is 0. The van der Waals surface area contributed by atoms with E-state index in [4.69, 9.17) is 10.5 Å². The molecule has 0 saturated carbocycles. The molecule has 0 radical (unpaired) electrons. The number of hydrogen-bond acceptors (Lipinski definition) is 4. The number of ether oxygens (including phenoxy) is 2. The van der Waals surface area contributed by atoms with E-state index < -0.39 is 12.1 Å². The molecule has 0 aliphatic carbocycles. The number of para-hydroxylation sites is 2. The number of alkyl halides is 3. The van der Waals surface area contributed by atoms with Crippen LogP contribution in [0.15, 0.2) is 42.7 Å². The number of nitrogens with zero attached hydrogens (tertiary/aromatic N) is 1. The van der Waals surface area contributed by atoms with E-state index in [1.165, 1.54) is 36.7 Å². The van der Waals surface area contributed by atoms with Crippen molar-refractivity contribution in [3.05, 3.63) is 42.7 Å². The molecule has 19 heavy (non-hydrogen) atoms. The quantitative estimate of drug-likeness (QED) is 0.929. The minimum Gasteiger partial charge on any atom is -0.452 e. The molecule has 7 heteroatoms. The van der Waals surface area contributed by atoms with Crippen molar-refractivity contribution in [2.45, 2.75) is 6.36 Å². The summed E-state index contributed by atoms with van der Waals surface area (Å²) in [5, 5.41) is 0. The molecule has 2 rings (SSSR count). The maximum absolute atomic E-state index is 12.2. The molecular weight excluding hydrogens is 261 g/mol. The van der Waals surface area contributed by atoms with Crippen LogP contribution in [0, 0.1) is 0 Å². The van der Waals surface area contributed by atoms with Crippen molar-refractivity contribution in [2.24, 2.45) is 0 Å². The fraction of sp³-hybridized carbons (Fsp3) is 0.0833. The normalized spacial score (nSPS) is 11.1.